The van der Waals surface area contributed by atoms with Crippen molar-refractivity contribution in [2.24, 2.45) is 5.92 Å². The Balaban J connectivity index is 1.44. The fourth-order valence-corrected chi connectivity index (χ4v) is 7.64. The molecule has 1 heterocycles. The molecule has 36 heavy (non-hydrogen) atoms. The molecule has 2 atom stereocenters. The van der Waals surface area contributed by atoms with Crippen LogP contribution in [-0.4, -0.2) is 41.4 Å². The highest BCUT2D eigenvalue weighted by Crippen LogP contribution is 2.40. The van der Waals surface area contributed by atoms with Gasteiger partial charge in [-0.1, -0.05) is 30.2 Å². The molecule has 1 aromatic heterocycles. The van der Waals surface area contributed by atoms with E-state index in [0.717, 1.165) is 11.1 Å². The molecule has 6 nitrogen and oxygen atoms in total. The van der Waals surface area contributed by atoms with E-state index in [9.17, 15) is 22.0 Å². The van der Waals surface area contributed by atoms with Crippen LogP contribution < -0.4 is 0 Å². The van der Waals surface area contributed by atoms with Gasteiger partial charge in [-0.3, -0.25) is 4.79 Å². The number of hydrogen-bond donors (Lipinski definition) is 0. The van der Waals surface area contributed by atoms with Crippen molar-refractivity contribution in [2.45, 2.75) is 80.5 Å². The molecule has 0 spiro atoms. The fourth-order valence-electron chi connectivity index (χ4n) is 5.61. The van der Waals surface area contributed by atoms with Crippen LogP contribution in [0.2, 0.25) is 0 Å². The van der Waals surface area contributed by atoms with Gasteiger partial charge in [0.1, 0.15) is 5.52 Å². The third-order valence-corrected chi connectivity index (χ3v) is 9.97. The largest absolute Gasteiger partial charge is 0.443 e. The van der Waals surface area contributed by atoms with Gasteiger partial charge < -0.3 is 9.32 Å². The van der Waals surface area contributed by atoms with Crippen LogP contribution in [0.15, 0.2) is 58.2 Å². The SMILES string of the molecule is Cc1ccc(S(=O)(=O)[C@@H]2CCC[C@H]2C(=O)N(Cc2ccc3ncoc3c2)C2CCC(F)(F)CC2)cc1. The molecule has 0 saturated heterocycles. The van der Waals surface area contributed by atoms with Crippen molar-refractivity contribution in [3.05, 3.63) is 60.0 Å². The minimum atomic E-state index is -3.72. The Hall–Kier alpha value is -2.81. The van der Waals surface area contributed by atoms with Gasteiger partial charge in [0.05, 0.1) is 16.1 Å². The maximum atomic E-state index is 14.0. The van der Waals surface area contributed by atoms with Crippen LogP contribution in [0.3, 0.4) is 0 Å². The highest BCUT2D eigenvalue weighted by atomic mass is 32.2. The summed E-state index contributed by atoms with van der Waals surface area (Å²) in [7, 11) is -3.72. The van der Waals surface area contributed by atoms with Crippen molar-refractivity contribution in [3.63, 3.8) is 0 Å². The van der Waals surface area contributed by atoms with Crippen LogP contribution in [0.1, 0.15) is 56.1 Å². The standard InChI is InChI=1S/C27H30F2N2O4S/c1-18-5-8-21(9-6-18)36(33,34)25-4-2-3-22(25)26(32)31(20-11-13-27(28,29)14-12-20)16-19-7-10-23-24(15-19)35-17-30-23/h5-10,15,17,20,22,25H,2-4,11-14,16H2,1H3/t22-,25-/m1/s1. The summed E-state index contributed by atoms with van der Waals surface area (Å²) < 4.78 is 60.3. The number of fused-ring (bicyclic) bond motifs is 1. The molecule has 0 radical (unpaired) electrons. The lowest BCUT2D eigenvalue weighted by Gasteiger charge is -2.39. The molecular weight excluding hydrogens is 486 g/mol. The van der Waals surface area contributed by atoms with E-state index in [2.05, 4.69) is 4.98 Å². The molecule has 3 aromatic rings. The smallest absolute Gasteiger partial charge is 0.248 e. The van der Waals surface area contributed by atoms with Gasteiger partial charge >= 0.3 is 0 Å². The number of oxazole rings is 1. The van der Waals surface area contributed by atoms with Gasteiger partial charge in [-0.25, -0.2) is 22.2 Å². The summed E-state index contributed by atoms with van der Waals surface area (Å²) in [5.41, 5.74) is 3.02. The van der Waals surface area contributed by atoms with Crippen molar-refractivity contribution in [1.82, 2.24) is 9.88 Å². The van der Waals surface area contributed by atoms with Gasteiger partial charge in [0.25, 0.3) is 0 Å². The number of rotatable bonds is 6. The van der Waals surface area contributed by atoms with Crippen molar-refractivity contribution in [2.75, 3.05) is 0 Å². The Labute approximate surface area is 209 Å². The minimum Gasteiger partial charge on any atom is -0.443 e. The van der Waals surface area contributed by atoms with E-state index in [-0.39, 0.29) is 49.1 Å². The molecule has 0 N–H and O–H groups in total. The van der Waals surface area contributed by atoms with E-state index in [4.69, 9.17) is 4.42 Å². The number of aryl methyl sites for hydroxylation is 1. The molecule has 9 heteroatoms. The molecule has 2 aromatic carbocycles. The van der Waals surface area contributed by atoms with Crippen LogP contribution in [-0.2, 0) is 21.2 Å². The predicted octanol–water partition coefficient (Wildman–Crippen LogP) is 5.69. The van der Waals surface area contributed by atoms with E-state index in [1.807, 2.05) is 13.0 Å². The number of amides is 1. The van der Waals surface area contributed by atoms with Gasteiger partial charge in [0, 0.05) is 25.4 Å². The predicted molar refractivity (Wildman–Crippen MR) is 131 cm³/mol. The highest BCUT2D eigenvalue weighted by Gasteiger charge is 2.46. The quantitative estimate of drug-likeness (QED) is 0.421. The lowest BCUT2D eigenvalue weighted by molar-refractivity contribution is -0.141. The second kappa shape index (κ2) is 9.57. The number of nitrogens with zero attached hydrogens (tertiary/aromatic N) is 2. The summed E-state index contributed by atoms with van der Waals surface area (Å²) in [6.07, 6.45) is 2.67. The first-order chi connectivity index (χ1) is 17.1. The third-order valence-electron chi connectivity index (χ3n) is 7.68. The van der Waals surface area contributed by atoms with Gasteiger partial charge in [-0.15, -0.1) is 0 Å². The second-order valence-electron chi connectivity index (χ2n) is 10.1. The Morgan fingerprint density at radius 1 is 1.08 bits per heavy atom. The Morgan fingerprint density at radius 2 is 1.81 bits per heavy atom. The lowest BCUT2D eigenvalue weighted by Crippen LogP contribution is -2.48. The number of carbonyl (C=O) groups excluding carboxylic acids is 1. The Morgan fingerprint density at radius 3 is 2.53 bits per heavy atom. The zero-order valence-electron chi connectivity index (χ0n) is 20.2. The molecule has 2 fully saturated rings. The minimum absolute atomic E-state index is 0.186. The summed E-state index contributed by atoms with van der Waals surface area (Å²) in [6.45, 7) is 2.10. The molecule has 1 amide bonds. The van der Waals surface area contributed by atoms with Crippen LogP contribution in [0.25, 0.3) is 11.1 Å². The average Bonchev–Trinajstić information content (AvgIpc) is 3.52. The summed E-state index contributed by atoms with van der Waals surface area (Å²) in [4.78, 5) is 20.0. The van der Waals surface area contributed by atoms with Gasteiger partial charge in [-0.05, 0) is 62.4 Å². The maximum absolute atomic E-state index is 14.0. The van der Waals surface area contributed by atoms with Crippen LogP contribution in [0, 0.1) is 12.8 Å². The summed E-state index contributed by atoms with van der Waals surface area (Å²) >= 11 is 0. The van der Waals surface area contributed by atoms with E-state index >= 15 is 0 Å². The van der Waals surface area contributed by atoms with Gasteiger partial charge in [0.15, 0.2) is 21.8 Å². The first-order valence-corrected chi connectivity index (χ1v) is 14.0. The van der Waals surface area contributed by atoms with E-state index in [0.29, 0.717) is 30.4 Å². The monoisotopic (exact) mass is 516 g/mol. The van der Waals surface area contributed by atoms with E-state index in [1.54, 1.807) is 41.3 Å². The summed E-state index contributed by atoms with van der Waals surface area (Å²) in [6, 6.07) is 11.8. The van der Waals surface area contributed by atoms with Crippen molar-refractivity contribution in [3.8, 4) is 0 Å². The molecular formula is C27H30F2N2O4S. The van der Waals surface area contributed by atoms with E-state index < -0.39 is 26.9 Å². The summed E-state index contributed by atoms with van der Waals surface area (Å²) in [5.74, 6) is -3.69. The number of sulfone groups is 1. The van der Waals surface area contributed by atoms with Crippen LogP contribution in [0.5, 0.6) is 0 Å². The fraction of sp³-hybridized carbons (Fsp3) is 0.481. The number of carbonyl (C=O) groups is 1. The van der Waals surface area contributed by atoms with Crippen LogP contribution in [0.4, 0.5) is 8.78 Å². The molecule has 2 aliphatic carbocycles. The second-order valence-corrected chi connectivity index (χ2v) is 12.3. The number of alkyl halides is 2. The van der Waals surface area contributed by atoms with Gasteiger partial charge in [-0.2, -0.15) is 0 Å². The van der Waals surface area contributed by atoms with Crippen molar-refractivity contribution >= 4 is 26.8 Å². The number of halogens is 2. The molecule has 0 aliphatic heterocycles. The van der Waals surface area contributed by atoms with Crippen molar-refractivity contribution < 1.29 is 26.4 Å². The molecule has 5 rings (SSSR count). The highest BCUT2D eigenvalue weighted by molar-refractivity contribution is 7.92. The topological polar surface area (TPSA) is 80.5 Å². The van der Waals surface area contributed by atoms with E-state index in [1.165, 1.54) is 6.39 Å². The molecule has 0 unspecified atom stereocenters. The number of aromatic nitrogens is 1. The first kappa shape index (κ1) is 24.9. The molecule has 2 aliphatic rings. The zero-order chi connectivity index (χ0) is 25.5. The number of benzene rings is 2. The number of hydrogen-bond acceptors (Lipinski definition) is 5. The molecule has 2 saturated carbocycles. The normalized spacial score (nSPS) is 22.6. The Kier molecular flexibility index (Phi) is 6.61. The Bertz CT molecular complexity index is 1340. The van der Waals surface area contributed by atoms with Gasteiger partial charge in [0.2, 0.25) is 11.8 Å². The lowest BCUT2D eigenvalue weighted by atomic mass is 9.90. The third kappa shape index (κ3) is 4.90. The van der Waals surface area contributed by atoms with Crippen molar-refractivity contribution in [1.29, 1.82) is 0 Å². The zero-order valence-corrected chi connectivity index (χ0v) is 21.0. The molecule has 0 bridgehead atoms. The average molecular weight is 517 g/mol. The molecule has 192 valence electrons. The summed E-state index contributed by atoms with van der Waals surface area (Å²) in [5, 5.41) is -0.822. The first-order valence-electron chi connectivity index (χ1n) is 12.4. The maximum Gasteiger partial charge on any atom is 0.248 e. The van der Waals surface area contributed by atoms with Crippen LogP contribution >= 0.6 is 0 Å².